The zero-order chi connectivity index (χ0) is 9.54. The molecule has 2 heterocycles. The Hall–Kier alpha value is -1.64. The van der Waals surface area contributed by atoms with E-state index in [9.17, 15) is 4.79 Å². The Morgan fingerprint density at radius 2 is 2.21 bits per heavy atom. The van der Waals surface area contributed by atoms with Gasteiger partial charge in [-0.05, 0) is 37.0 Å². The van der Waals surface area contributed by atoms with Crippen molar-refractivity contribution in [3.8, 4) is 0 Å². The molecule has 0 radical (unpaired) electrons. The van der Waals surface area contributed by atoms with E-state index in [0.29, 0.717) is 0 Å². The van der Waals surface area contributed by atoms with Crippen molar-refractivity contribution in [2.24, 2.45) is 0 Å². The third-order valence-electron chi connectivity index (χ3n) is 2.73. The van der Waals surface area contributed by atoms with Crippen molar-refractivity contribution in [1.29, 1.82) is 0 Å². The van der Waals surface area contributed by atoms with Crippen molar-refractivity contribution in [1.82, 2.24) is 9.97 Å². The maximum Gasteiger partial charge on any atom is 0.248 e. The number of nitrogens with zero attached hydrogens (tertiary/aromatic N) is 1. The number of nitrogens with one attached hydrogen (secondary N) is 1. The van der Waals surface area contributed by atoms with Crippen LogP contribution in [-0.2, 0) is 12.8 Å². The summed E-state index contributed by atoms with van der Waals surface area (Å²) in [6.45, 7) is 0. The van der Waals surface area contributed by atoms with E-state index in [1.165, 1.54) is 23.7 Å². The van der Waals surface area contributed by atoms with Crippen molar-refractivity contribution in [3.05, 3.63) is 39.8 Å². The lowest BCUT2D eigenvalue weighted by Crippen LogP contribution is -2.04. The van der Waals surface area contributed by atoms with Crippen molar-refractivity contribution in [3.63, 3.8) is 0 Å². The largest absolute Gasteiger partial charge is 0.321 e. The summed E-state index contributed by atoms with van der Waals surface area (Å²) in [5.74, 6) is 0. The molecule has 0 aromatic carbocycles. The van der Waals surface area contributed by atoms with Crippen LogP contribution < -0.4 is 5.56 Å². The fraction of sp³-hybridized carbons (Fsp3) is 0.273. The van der Waals surface area contributed by atoms with Gasteiger partial charge in [0.25, 0.3) is 0 Å². The molecule has 3 nitrogen and oxygen atoms in total. The summed E-state index contributed by atoms with van der Waals surface area (Å²) in [5.41, 5.74) is 4.18. The molecule has 0 amide bonds. The van der Waals surface area contributed by atoms with Gasteiger partial charge >= 0.3 is 0 Å². The first kappa shape index (κ1) is 7.74. The number of aryl methyl sites for hydroxylation is 2. The number of H-pyrrole nitrogens is 1. The molecule has 0 bridgehead atoms. The number of hydrogen-bond donors (Lipinski definition) is 1. The highest BCUT2D eigenvalue weighted by Crippen LogP contribution is 2.22. The Labute approximate surface area is 80.8 Å². The van der Waals surface area contributed by atoms with E-state index in [-0.39, 0.29) is 5.56 Å². The van der Waals surface area contributed by atoms with Gasteiger partial charge in [-0.25, -0.2) is 0 Å². The van der Waals surface area contributed by atoms with Crippen molar-refractivity contribution < 1.29 is 0 Å². The molecule has 70 valence electrons. The maximum absolute atomic E-state index is 11.1. The minimum atomic E-state index is -0.0581. The normalized spacial score (nSPS) is 14.6. The summed E-state index contributed by atoms with van der Waals surface area (Å²) < 4.78 is 0. The number of hydrogen-bond acceptors (Lipinski definition) is 2. The quantitative estimate of drug-likeness (QED) is 0.676. The lowest BCUT2D eigenvalue weighted by Gasteiger charge is -2.01. The van der Waals surface area contributed by atoms with E-state index in [0.717, 1.165) is 23.9 Å². The predicted molar refractivity (Wildman–Crippen MR) is 54.4 cm³/mol. The molecule has 0 unspecified atom stereocenters. The molecular formula is C11H10N2O. The minimum absolute atomic E-state index is 0.0581. The predicted octanol–water partition coefficient (Wildman–Crippen LogP) is 1.41. The van der Waals surface area contributed by atoms with Gasteiger partial charge in [-0.3, -0.25) is 9.78 Å². The van der Waals surface area contributed by atoms with Gasteiger partial charge < -0.3 is 4.98 Å². The van der Waals surface area contributed by atoms with E-state index in [2.05, 4.69) is 16.0 Å². The van der Waals surface area contributed by atoms with Crippen LogP contribution in [-0.4, -0.2) is 9.97 Å². The third kappa shape index (κ3) is 1.05. The first-order valence-corrected chi connectivity index (χ1v) is 4.85. The van der Waals surface area contributed by atoms with Crippen LogP contribution in [0.2, 0.25) is 0 Å². The van der Waals surface area contributed by atoms with Gasteiger partial charge in [0.15, 0.2) is 0 Å². The van der Waals surface area contributed by atoms with Crippen LogP contribution in [0.25, 0.3) is 11.0 Å². The summed E-state index contributed by atoms with van der Waals surface area (Å²) in [6, 6.07) is 5.37. The van der Waals surface area contributed by atoms with Crippen LogP contribution in [0.4, 0.5) is 0 Å². The lowest BCUT2D eigenvalue weighted by atomic mass is 10.2. The van der Waals surface area contributed by atoms with Gasteiger partial charge in [-0.15, -0.1) is 0 Å². The van der Waals surface area contributed by atoms with Crippen LogP contribution in [0, 0.1) is 0 Å². The average molecular weight is 186 g/mol. The number of pyridine rings is 2. The molecule has 0 atom stereocenters. The number of rotatable bonds is 0. The van der Waals surface area contributed by atoms with Crippen LogP contribution >= 0.6 is 0 Å². The molecule has 3 heteroatoms. The topological polar surface area (TPSA) is 45.8 Å². The molecule has 0 saturated carbocycles. The molecule has 1 aliphatic rings. The molecular weight excluding hydrogens is 176 g/mol. The maximum atomic E-state index is 11.1. The van der Waals surface area contributed by atoms with Crippen LogP contribution in [0.15, 0.2) is 23.0 Å². The highest BCUT2D eigenvalue weighted by atomic mass is 16.1. The Balaban J connectivity index is 2.39. The van der Waals surface area contributed by atoms with E-state index in [1.54, 1.807) is 6.07 Å². The molecule has 1 N–H and O–H groups in total. The highest BCUT2D eigenvalue weighted by molar-refractivity contribution is 5.75. The number of fused-ring (bicyclic) bond motifs is 2. The second-order valence-corrected chi connectivity index (χ2v) is 3.70. The molecule has 0 aliphatic heterocycles. The molecule has 3 rings (SSSR count). The molecule has 0 saturated heterocycles. The number of aromatic amines is 1. The van der Waals surface area contributed by atoms with Crippen molar-refractivity contribution in [2.45, 2.75) is 19.3 Å². The fourth-order valence-electron chi connectivity index (χ4n) is 2.04. The summed E-state index contributed by atoms with van der Waals surface area (Å²) >= 11 is 0. The monoisotopic (exact) mass is 186 g/mol. The van der Waals surface area contributed by atoms with E-state index in [1.807, 2.05) is 0 Å². The summed E-state index contributed by atoms with van der Waals surface area (Å²) in [6.07, 6.45) is 3.35. The van der Waals surface area contributed by atoms with Crippen molar-refractivity contribution >= 4 is 11.0 Å². The van der Waals surface area contributed by atoms with Crippen LogP contribution in [0.3, 0.4) is 0 Å². The van der Waals surface area contributed by atoms with Gasteiger partial charge in [-0.2, -0.15) is 0 Å². The second-order valence-electron chi connectivity index (χ2n) is 3.70. The lowest BCUT2D eigenvalue weighted by molar-refractivity contribution is 0.901. The SMILES string of the molecule is O=c1ccc2nc3c(cc2[nH]1)CCC3. The molecule has 0 fully saturated rings. The van der Waals surface area contributed by atoms with Gasteiger partial charge in [0.2, 0.25) is 5.56 Å². The zero-order valence-electron chi connectivity index (χ0n) is 7.71. The minimum Gasteiger partial charge on any atom is -0.321 e. The summed E-state index contributed by atoms with van der Waals surface area (Å²) in [7, 11) is 0. The van der Waals surface area contributed by atoms with E-state index < -0.39 is 0 Å². The number of aromatic nitrogens is 2. The summed E-state index contributed by atoms with van der Waals surface area (Å²) in [5, 5.41) is 0. The summed E-state index contributed by atoms with van der Waals surface area (Å²) in [4.78, 5) is 18.4. The van der Waals surface area contributed by atoms with Crippen LogP contribution in [0.5, 0.6) is 0 Å². The Morgan fingerprint density at radius 3 is 3.14 bits per heavy atom. The molecule has 1 aliphatic carbocycles. The third-order valence-corrected chi connectivity index (χ3v) is 2.73. The standard InChI is InChI=1S/C11H10N2O/c14-11-5-4-9-10(13-11)6-7-2-1-3-8(7)12-9/h4-6H,1-3H2,(H,13,14). The smallest absolute Gasteiger partial charge is 0.248 e. The van der Waals surface area contributed by atoms with Gasteiger partial charge in [-0.1, -0.05) is 0 Å². The Kier molecular flexibility index (Phi) is 1.48. The fourth-order valence-corrected chi connectivity index (χ4v) is 2.04. The Bertz CT molecular complexity index is 557. The van der Waals surface area contributed by atoms with Crippen LogP contribution in [0.1, 0.15) is 17.7 Å². The first-order chi connectivity index (χ1) is 6.83. The van der Waals surface area contributed by atoms with Crippen molar-refractivity contribution in [2.75, 3.05) is 0 Å². The first-order valence-electron chi connectivity index (χ1n) is 4.85. The van der Waals surface area contributed by atoms with E-state index >= 15 is 0 Å². The zero-order valence-corrected chi connectivity index (χ0v) is 7.71. The highest BCUT2D eigenvalue weighted by Gasteiger charge is 2.12. The van der Waals surface area contributed by atoms with Gasteiger partial charge in [0.05, 0.1) is 11.0 Å². The molecule has 0 spiro atoms. The Morgan fingerprint density at radius 1 is 1.29 bits per heavy atom. The molecule has 14 heavy (non-hydrogen) atoms. The second kappa shape index (κ2) is 2.67. The van der Waals surface area contributed by atoms with Gasteiger partial charge in [0.1, 0.15) is 0 Å². The molecule has 2 aromatic heterocycles. The average Bonchev–Trinajstić information content (AvgIpc) is 2.61. The van der Waals surface area contributed by atoms with E-state index in [4.69, 9.17) is 0 Å². The van der Waals surface area contributed by atoms with Gasteiger partial charge in [0, 0.05) is 11.8 Å². The molecule has 2 aromatic rings.